The van der Waals surface area contributed by atoms with Crippen molar-refractivity contribution in [3.8, 4) is 10.6 Å². The quantitative estimate of drug-likeness (QED) is 0.913. The lowest BCUT2D eigenvalue weighted by Gasteiger charge is -2.27. The van der Waals surface area contributed by atoms with E-state index in [2.05, 4.69) is 26.3 Å². The van der Waals surface area contributed by atoms with E-state index < -0.39 is 0 Å². The SMILES string of the molecule is CCCNC(=O)c1csc(-c2ccc(N3CCCCC3)nc2)n1. The first-order valence-corrected chi connectivity index (χ1v) is 9.11. The monoisotopic (exact) mass is 330 g/mol. The molecule has 0 radical (unpaired) electrons. The van der Waals surface area contributed by atoms with Gasteiger partial charge in [0.15, 0.2) is 0 Å². The smallest absolute Gasteiger partial charge is 0.270 e. The standard InChI is InChI=1S/C17H22N4OS/c1-2-8-18-16(22)14-12-23-17(20-14)13-6-7-15(19-11-13)21-9-4-3-5-10-21/h6-7,11-12H,2-5,8-10H2,1H3,(H,18,22). The Morgan fingerprint density at radius 2 is 2.13 bits per heavy atom. The highest BCUT2D eigenvalue weighted by Gasteiger charge is 2.14. The fourth-order valence-electron chi connectivity index (χ4n) is 2.66. The van der Waals surface area contributed by atoms with Gasteiger partial charge in [0.25, 0.3) is 5.91 Å². The van der Waals surface area contributed by atoms with Crippen molar-refractivity contribution in [1.82, 2.24) is 15.3 Å². The van der Waals surface area contributed by atoms with Crippen molar-refractivity contribution in [1.29, 1.82) is 0 Å². The van der Waals surface area contributed by atoms with Crippen molar-refractivity contribution in [2.75, 3.05) is 24.5 Å². The highest BCUT2D eigenvalue weighted by atomic mass is 32.1. The molecule has 0 aromatic carbocycles. The van der Waals surface area contributed by atoms with Crippen LogP contribution in [-0.4, -0.2) is 35.5 Å². The molecule has 0 saturated carbocycles. The van der Waals surface area contributed by atoms with E-state index in [-0.39, 0.29) is 5.91 Å². The van der Waals surface area contributed by atoms with Crippen molar-refractivity contribution in [3.63, 3.8) is 0 Å². The number of rotatable bonds is 5. The van der Waals surface area contributed by atoms with Crippen molar-refractivity contribution in [3.05, 3.63) is 29.4 Å². The van der Waals surface area contributed by atoms with Gasteiger partial charge in [-0.05, 0) is 37.8 Å². The second-order valence-corrected chi connectivity index (χ2v) is 6.60. The van der Waals surface area contributed by atoms with E-state index in [0.717, 1.165) is 35.9 Å². The third-order valence-electron chi connectivity index (χ3n) is 3.95. The molecule has 0 aliphatic carbocycles. The van der Waals surface area contributed by atoms with Gasteiger partial charge in [0.2, 0.25) is 0 Å². The number of aromatic nitrogens is 2. The number of hydrogen-bond acceptors (Lipinski definition) is 5. The molecule has 5 nitrogen and oxygen atoms in total. The lowest BCUT2D eigenvalue weighted by atomic mass is 10.1. The minimum Gasteiger partial charge on any atom is -0.357 e. The molecule has 1 fully saturated rings. The Kier molecular flexibility index (Phi) is 5.23. The summed E-state index contributed by atoms with van der Waals surface area (Å²) in [7, 11) is 0. The number of carbonyl (C=O) groups is 1. The molecule has 3 heterocycles. The normalized spacial score (nSPS) is 14.7. The maximum Gasteiger partial charge on any atom is 0.270 e. The van der Waals surface area contributed by atoms with Gasteiger partial charge >= 0.3 is 0 Å². The zero-order chi connectivity index (χ0) is 16.1. The summed E-state index contributed by atoms with van der Waals surface area (Å²) in [6.07, 6.45) is 6.58. The van der Waals surface area contributed by atoms with Crippen LogP contribution in [0.15, 0.2) is 23.7 Å². The Morgan fingerprint density at radius 1 is 1.30 bits per heavy atom. The number of amides is 1. The van der Waals surface area contributed by atoms with Gasteiger partial charge in [-0.1, -0.05) is 6.92 Å². The van der Waals surface area contributed by atoms with Gasteiger partial charge in [-0.15, -0.1) is 11.3 Å². The molecule has 0 spiro atoms. The lowest BCUT2D eigenvalue weighted by molar-refractivity contribution is 0.0949. The molecule has 1 amide bonds. The predicted molar refractivity (Wildman–Crippen MR) is 94.0 cm³/mol. The van der Waals surface area contributed by atoms with Crippen LogP contribution < -0.4 is 10.2 Å². The molecule has 122 valence electrons. The molecule has 2 aromatic rings. The molecular weight excluding hydrogens is 308 g/mol. The van der Waals surface area contributed by atoms with Crippen LogP contribution in [0.5, 0.6) is 0 Å². The Morgan fingerprint density at radius 3 is 2.83 bits per heavy atom. The lowest BCUT2D eigenvalue weighted by Crippen LogP contribution is -2.29. The van der Waals surface area contributed by atoms with Gasteiger partial charge in [-0.2, -0.15) is 0 Å². The van der Waals surface area contributed by atoms with E-state index in [9.17, 15) is 4.79 Å². The van der Waals surface area contributed by atoms with E-state index in [1.54, 1.807) is 5.38 Å². The van der Waals surface area contributed by atoms with E-state index in [1.807, 2.05) is 19.2 Å². The third kappa shape index (κ3) is 3.88. The van der Waals surface area contributed by atoms with Gasteiger partial charge in [-0.25, -0.2) is 9.97 Å². The van der Waals surface area contributed by atoms with E-state index in [0.29, 0.717) is 12.2 Å². The molecular formula is C17H22N4OS. The summed E-state index contributed by atoms with van der Waals surface area (Å²) in [6.45, 7) is 4.89. The molecule has 6 heteroatoms. The first-order valence-electron chi connectivity index (χ1n) is 8.23. The van der Waals surface area contributed by atoms with E-state index in [1.165, 1.54) is 30.6 Å². The summed E-state index contributed by atoms with van der Waals surface area (Å²) < 4.78 is 0. The van der Waals surface area contributed by atoms with Crippen molar-refractivity contribution >= 4 is 23.1 Å². The largest absolute Gasteiger partial charge is 0.357 e. The second kappa shape index (κ2) is 7.55. The van der Waals surface area contributed by atoms with Gasteiger partial charge < -0.3 is 10.2 Å². The number of nitrogens with zero attached hydrogens (tertiary/aromatic N) is 3. The summed E-state index contributed by atoms with van der Waals surface area (Å²) in [4.78, 5) is 23.3. The van der Waals surface area contributed by atoms with Gasteiger partial charge in [0, 0.05) is 36.8 Å². The maximum absolute atomic E-state index is 11.9. The molecule has 1 aliphatic heterocycles. The molecule has 2 aromatic heterocycles. The first-order chi connectivity index (χ1) is 11.3. The zero-order valence-electron chi connectivity index (χ0n) is 13.4. The molecule has 1 N–H and O–H groups in total. The average Bonchev–Trinajstić information content (AvgIpc) is 3.11. The van der Waals surface area contributed by atoms with Gasteiger partial charge in [-0.3, -0.25) is 4.79 Å². The van der Waals surface area contributed by atoms with Crippen LogP contribution in [0.1, 0.15) is 43.1 Å². The highest BCUT2D eigenvalue weighted by molar-refractivity contribution is 7.13. The Hall–Kier alpha value is -1.95. The second-order valence-electron chi connectivity index (χ2n) is 5.75. The van der Waals surface area contributed by atoms with Crippen LogP contribution in [0.2, 0.25) is 0 Å². The minimum absolute atomic E-state index is 0.104. The van der Waals surface area contributed by atoms with Crippen molar-refractivity contribution < 1.29 is 4.79 Å². The van der Waals surface area contributed by atoms with E-state index >= 15 is 0 Å². The number of pyridine rings is 1. The third-order valence-corrected chi connectivity index (χ3v) is 4.84. The summed E-state index contributed by atoms with van der Waals surface area (Å²) >= 11 is 1.48. The van der Waals surface area contributed by atoms with Crippen LogP contribution in [-0.2, 0) is 0 Å². The number of nitrogens with one attached hydrogen (secondary N) is 1. The van der Waals surface area contributed by atoms with E-state index in [4.69, 9.17) is 0 Å². The molecule has 0 atom stereocenters. The number of piperidine rings is 1. The van der Waals surface area contributed by atoms with Crippen molar-refractivity contribution in [2.45, 2.75) is 32.6 Å². The fraction of sp³-hybridized carbons (Fsp3) is 0.471. The zero-order valence-corrected chi connectivity index (χ0v) is 14.2. The Balaban J connectivity index is 1.69. The number of anilines is 1. The predicted octanol–water partition coefficient (Wildman–Crippen LogP) is 3.34. The maximum atomic E-state index is 11.9. The number of hydrogen-bond donors (Lipinski definition) is 1. The van der Waals surface area contributed by atoms with Crippen LogP contribution in [0, 0.1) is 0 Å². The summed E-state index contributed by atoms with van der Waals surface area (Å²) in [5, 5.41) is 5.49. The number of carbonyl (C=O) groups excluding carboxylic acids is 1. The van der Waals surface area contributed by atoms with Crippen LogP contribution in [0.25, 0.3) is 10.6 Å². The topological polar surface area (TPSA) is 58.1 Å². The Labute approximate surface area is 140 Å². The summed E-state index contributed by atoms with van der Waals surface area (Å²) in [6, 6.07) is 4.10. The molecule has 1 aliphatic rings. The van der Waals surface area contributed by atoms with Crippen molar-refractivity contribution in [2.24, 2.45) is 0 Å². The molecule has 0 bridgehead atoms. The van der Waals surface area contributed by atoms with Crippen LogP contribution in [0.4, 0.5) is 5.82 Å². The van der Waals surface area contributed by atoms with Gasteiger partial charge in [0.05, 0.1) is 0 Å². The summed E-state index contributed by atoms with van der Waals surface area (Å²) in [5.74, 6) is 0.929. The Bertz CT molecular complexity index is 647. The number of thiazole rings is 1. The molecule has 23 heavy (non-hydrogen) atoms. The summed E-state index contributed by atoms with van der Waals surface area (Å²) in [5.41, 5.74) is 1.45. The molecule has 3 rings (SSSR count). The first kappa shape index (κ1) is 15.9. The minimum atomic E-state index is -0.104. The highest BCUT2D eigenvalue weighted by Crippen LogP contribution is 2.25. The molecule has 1 saturated heterocycles. The molecule has 0 unspecified atom stereocenters. The fourth-order valence-corrected chi connectivity index (χ4v) is 3.45. The van der Waals surface area contributed by atoms with Gasteiger partial charge in [0.1, 0.15) is 16.5 Å². The van der Waals surface area contributed by atoms with Crippen LogP contribution in [0.3, 0.4) is 0 Å². The average molecular weight is 330 g/mol. The van der Waals surface area contributed by atoms with Crippen LogP contribution >= 0.6 is 11.3 Å².